The molecule has 7 nitrogen and oxygen atoms in total. The van der Waals surface area contributed by atoms with Gasteiger partial charge < -0.3 is 9.47 Å². The minimum absolute atomic E-state index is 0.215. The highest BCUT2D eigenvalue weighted by Crippen LogP contribution is 2.50. The molecule has 0 aliphatic carbocycles. The molecule has 2 saturated heterocycles. The summed E-state index contributed by atoms with van der Waals surface area (Å²) in [5, 5.41) is 3.32. The molecule has 0 radical (unpaired) electrons. The van der Waals surface area contributed by atoms with Crippen molar-refractivity contribution >= 4 is 17.8 Å². The van der Waals surface area contributed by atoms with Crippen LogP contribution < -0.4 is 10.1 Å². The molecule has 2 amide bonds. The molecule has 0 aromatic heterocycles. The van der Waals surface area contributed by atoms with Crippen LogP contribution in [-0.2, 0) is 19.1 Å². The van der Waals surface area contributed by atoms with E-state index in [-0.39, 0.29) is 18.4 Å². The second-order valence-corrected chi connectivity index (χ2v) is 6.86. The van der Waals surface area contributed by atoms with Crippen LogP contribution in [0.4, 0.5) is 0 Å². The molecular weight excluding hydrogens is 348 g/mol. The molecule has 2 fully saturated rings. The number of nitrogens with one attached hydrogen (secondary N) is 1. The molecule has 146 valence electrons. The zero-order valence-electron chi connectivity index (χ0n) is 16.2. The van der Waals surface area contributed by atoms with Gasteiger partial charge in [-0.3, -0.25) is 24.6 Å². The molecule has 4 atom stereocenters. The number of ether oxygens (including phenoxy) is 2. The van der Waals surface area contributed by atoms with Crippen molar-refractivity contribution in [2.75, 3.05) is 20.3 Å². The summed E-state index contributed by atoms with van der Waals surface area (Å²) in [7, 11) is 1.58. The van der Waals surface area contributed by atoms with Gasteiger partial charge in [0.15, 0.2) is 0 Å². The maximum atomic E-state index is 13.0. The third-order valence-corrected chi connectivity index (χ3v) is 5.73. The van der Waals surface area contributed by atoms with Gasteiger partial charge in [0, 0.05) is 12.6 Å². The fraction of sp³-hybridized carbons (Fsp3) is 0.550. The van der Waals surface area contributed by atoms with Gasteiger partial charge >= 0.3 is 5.97 Å². The monoisotopic (exact) mass is 374 g/mol. The van der Waals surface area contributed by atoms with Gasteiger partial charge in [-0.25, -0.2) is 0 Å². The van der Waals surface area contributed by atoms with E-state index in [4.69, 9.17) is 9.47 Å². The number of hydrogen-bond donors (Lipinski definition) is 1. The van der Waals surface area contributed by atoms with Gasteiger partial charge in [0.25, 0.3) is 0 Å². The molecule has 2 heterocycles. The summed E-state index contributed by atoms with van der Waals surface area (Å²) in [5.41, 5.74) is -0.369. The Morgan fingerprint density at radius 1 is 1.15 bits per heavy atom. The number of esters is 1. The van der Waals surface area contributed by atoms with Crippen molar-refractivity contribution in [2.24, 2.45) is 11.8 Å². The van der Waals surface area contributed by atoms with Crippen molar-refractivity contribution in [3.8, 4) is 5.75 Å². The van der Waals surface area contributed by atoms with Crippen molar-refractivity contribution in [1.82, 2.24) is 10.2 Å². The number of rotatable bonds is 6. The SMILES string of the molecule is CCOC(=O)[C@@]1(CC)N[C@@H](c2ccc(OC)cc2)[C@H]2C(=O)N(CC)C(=O)[C@H]21. The van der Waals surface area contributed by atoms with Gasteiger partial charge in [0.2, 0.25) is 11.8 Å². The highest BCUT2D eigenvalue weighted by Gasteiger charge is 2.67. The number of methoxy groups -OCH3 is 1. The molecule has 0 bridgehead atoms. The first-order valence-corrected chi connectivity index (χ1v) is 9.39. The van der Waals surface area contributed by atoms with Gasteiger partial charge in [0.1, 0.15) is 11.3 Å². The van der Waals surface area contributed by atoms with Crippen LogP contribution in [0.2, 0.25) is 0 Å². The van der Waals surface area contributed by atoms with E-state index < -0.39 is 29.4 Å². The lowest BCUT2D eigenvalue weighted by Gasteiger charge is -2.31. The summed E-state index contributed by atoms with van der Waals surface area (Å²) < 4.78 is 10.5. The number of carbonyl (C=O) groups excluding carboxylic acids is 3. The van der Waals surface area contributed by atoms with Crippen LogP contribution in [0.3, 0.4) is 0 Å². The molecule has 2 aliphatic heterocycles. The smallest absolute Gasteiger partial charge is 0.327 e. The summed E-state index contributed by atoms with van der Waals surface area (Å²) >= 11 is 0. The van der Waals surface area contributed by atoms with E-state index in [9.17, 15) is 14.4 Å². The molecule has 2 aliphatic rings. The first-order chi connectivity index (χ1) is 12.9. The Morgan fingerprint density at radius 3 is 2.33 bits per heavy atom. The van der Waals surface area contributed by atoms with Crippen LogP contribution in [0.5, 0.6) is 5.75 Å². The molecule has 27 heavy (non-hydrogen) atoms. The lowest BCUT2D eigenvalue weighted by molar-refractivity contribution is -0.156. The Kier molecular flexibility index (Phi) is 5.24. The normalized spacial score (nSPS) is 29.8. The predicted octanol–water partition coefficient (Wildman–Crippen LogP) is 1.67. The summed E-state index contributed by atoms with van der Waals surface area (Å²) in [5.74, 6) is -1.70. The number of imide groups is 1. The molecule has 7 heteroatoms. The third-order valence-electron chi connectivity index (χ3n) is 5.73. The number of nitrogens with zero attached hydrogens (tertiary/aromatic N) is 1. The van der Waals surface area contributed by atoms with Crippen molar-refractivity contribution in [3.63, 3.8) is 0 Å². The van der Waals surface area contributed by atoms with Gasteiger partial charge in [-0.1, -0.05) is 19.1 Å². The maximum Gasteiger partial charge on any atom is 0.327 e. The van der Waals surface area contributed by atoms with Crippen molar-refractivity contribution in [3.05, 3.63) is 29.8 Å². The van der Waals surface area contributed by atoms with Gasteiger partial charge in [-0.15, -0.1) is 0 Å². The number of amides is 2. The minimum Gasteiger partial charge on any atom is -0.497 e. The second-order valence-electron chi connectivity index (χ2n) is 6.86. The quantitative estimate of drug-likeness (QED) is 0.602. The van der Waals surface area contributed by atoms with Crippen molar-refractivity contribution in [1.29, 1.82) is 0 Å². The van der Waals surface area contributed by atoms with Crippen LogP contribution in [-0.4, -0.2) is 48.5 Å². The highest BCUT2D eigenvalue weighted by molar-refractivity contribution is 6.09. The molecule has 0 saturated carbocycles. The number of fused-ring (bicyclic) bond motifs is 1. The minimum atomic E-state index is -1.21. The molecule has 1 aromatic carbocycles. The third kappa shape index (κ3) is 2.81. The Morgan fingerprint density at radius 2 is 1.81 bits per heavy atom. The van der Waals surface area contributed by atoms with E-state index in [2.05, 4.69) is 5.32 Å². The number of benzene rings is 1. The Labute approximate surface area is 159 Å². The zero-order chi connectivity index (χ0) is 19.8. The Bertz CT molecular complexity index is 747. The number of carbonyl (C=O) groups is 3. The van der Waals surface area contributed by atoms with Gasteiger partial charge in [0.05, 0.1) is 25.6 Å². The molecule has 3 rings (SSSR count). The zero-order valence-corrected chi connectivity index (χ0v) is 16.2. The first-order valence-electron chi connectivity index (χ1n) is 9.39. The number of likely N-dealkylation sites (tertiary alicyclic amines) is 1. The lowest BCUT2D eigenvalue weighted by atomic mass is 9.78. The first kappa shape index (κ1) is 19.4. The van der Waals surface area contributed by atoms with E-state index in [1.165, 1.54) is 4.90 Å². The average molecular weight is 374 g/mol. The fourth-order valence-electron chi connectivity index (χ4n) is 4.39. The van der Waals surface area contributed by atoms with Gasteiger partial charge in [-0.05, 0) is 38.0 Å². The fourth-order valence-corrected chi connectivity index (χ4v) is 4.39. The Balaban J connectivity index is 2.09. The van der Waals surface area contributed by atoms with Crippen LogP contribution in [0.25, 0.3) is 0 Å². The van der Waals surface area contributed by atoms with E-state index in [1.54, 1.807) is 33.1 Å². The van der Waals surface area contributed by atoms with E-state index in [1.807, 2.05) is 19.1 Å². The average Bonchev–Trinajstić information content (AvgIpc) is 3.16. The van der Waals surface area contributed by atoms with Crippen LogP contribution in [0.1, 0.15) is 38.8 Å². The van der Waals surface area contributed by atoms with E-state index in [0.717, 1.165) is 5.56 Å². The molecular formula is C20H26N2O5. The van der Waals surface area contributed by atoms with Gasteiger partial charge in [-0.2, -0.15) is 0 Å². The summed E-state index contributed by atoms with van der Waals surface area (Å²) in [4.78, 5) is 40.2. The van der Waals surface area contributed by atoms with Crippen LogP contribution in [0.15, 0.2) is 24.3 Å². The molecule has 0 spiro atoms. The van der Waals surface area contributed by atoms with E-state index >= 15 is 0 Å². The van der Waals surface area contributed by atoms with Crippen LogP contribution in [0, 0.1) is 11.8 Å². The topological polar surface area (TPSA) is 84.9 Å². The van der Waals surface area contributed by atoms with Crippen molar-refractivity contribution < 1.29 is 23.9 Å². The molecule has 1 aromatic rings. The highest BCUT2D eigenvalue weighted by atomic mass is 16.5. The molecule has 1 N–H and O–H groups in total. The van der Waals surface area contributed by atoms with E-state index in [0.29, 0.717) is 18.7 Å². The lowest BCUT2D eigenvalue weighted by Crippen LogP contribution is -2.56. The summed E-state index contributed by atoms with van der Waals surface area (Å²) in [6.07, 6.45) is 0.357. The number of hydrogen-bond acceptors (Lipinski definition) is 6. The summed E-state index contributed by atoms with van der Waals surface area (Å²) in [6.45, 7) is 5.85. The maximum absolute atomic E-state index is 13.0. The predicted molar refractivity (Wildman–Crippen MR) is 97.9 cm³/mol. The second kappa shape index (κ2) is 7.31. The summed E-state index contributed by atoms with van der Waals surface area (Å²) in [6, 6.07) is 6.88. The molecule has 0 unspecified atom stereocenters. The standard InChI is InChI=1S/C20H26N2O5/c1-5-20(19(25)27-7-3)15-14(17(23)22(6-2)18(15)24)16(21-20)12-8-10-13(26-4)11-9-12/h8-11,14-16,21H,5-7H2,1-4H3/t14-,15-,16-,20-/m0/s1. The Hall–Kier alpha value is -2.41. The largest absolute Gasteiger partial charge is 0.497 e. The van der Waals surface area contributed by atoms with Crippen molar-refractivity contribution in [2.45, 2.75) is 38.8 Å². The van der Waals surface area contributed by atoms with Crippen LogP contribution >= 0.6 is 0 Å².